The number of nitrogens with one attached hydrogen (secondary N) is 1. The summed E-state index contributed by atoms with van der Waals surface area (Å²) in [6.45, 7) is -0.400. The largest absolute Gasteiger partial charge is 0.352 e. The van der Waals surface area contributed by atoms with Crippen molar-refractivity contribution in [1.82, 2.24) is 10.2 Å². The monoisotopic (exact) mass is 707 g/mol. The molecular weight excluding hydrogens is 674 g/mol. The van der Waals surface area contributed by atoms with Crippen LogP contribution in [0.3, 0.4) is 0 Å². The van der Waals surface area contributed by atoms with Crippen LogP contribution in [-0.2, 0) is 32.6 Å². The molecule has 0 spiro atoms. The first-order valence-corrected chi connectivity index (χ1v) is 17.5. The average molecular weight is 709 g/mol. The molecule has 2 amide bonds. The van der Waals surface area contributed by atoms with Crippen molar-refractivity contribution in [3.8, 4) is 0 Å². The van der Waals surface area contributed by atoms with Gasteiger partial charge in [0.1, 0.15) is 12.6 Å². The Morgan fingerprint density at radius 1 is 0.844 bits per heavy atom. The van der Waals surface area contributed by atoms with E-state index < -0.39 is 28.5 Å². The molecule has 0 aliphatic heterocycles. The molecule has 1 aliphatic rings. The lowest BCUT2D eigenvalue weighted by Crippen LogP contribution is -2.54. The zero-order valence-electron chi connectivity index (χ0n) is 24.7. The van der Waals surface area contributed by atoms with Gasteiger partial charge in [-0.25, -0.2) is 8.42 Å². The van der Waals surface area contributed by atoms with E-state index in [-0.39, 0.29) is 29.8 Å². The SMILES string of the molecule is O=C(NC1CCCC1)[C@H](Cc1ccccc1)N(Cc1cccc(Br)c1)C(=O)CN(c1ccccc1)S(=O)(=O)c1ccc(Cl)cc1. The molecule has 4 aromatic carbocycles. The highest BCUT2D eigenvalue weighted by atomic mass is 79.9. The van der Waals surface area contributed by atoms with Crippen LogP contribution in [0.2, 0.25) is 5.02 Å². The van der Waals surface area contributed by atoms with Crippen molar-refractivity contribution in [2.24, 2.45) is 0 Å². The number of benzene rings is 4. The third kappa shape index (κ3) is 8.54. The first-order chi connectivity index (χ1) is 21.7. The number of rotatable bonds is 12. The van der Waals surface area contributed by atoms with Crippen molar-refractivity contribution in [1.29, 1.82) is 0 Å². The minimum Gasteiger partial charge on any atom is -0.352 e. The van der Waals surface area contributed by atoms with E-state index in [4.69, 9.17) is 11.6 Å². The molecule has 45 heavy (non-hydrogen) atoms. The second-order valence-electron chi connectivity index (χ2n) is 11.1. The van der Waals surface area contributed by atoms with E-state index in [1.165, 1.54) is 29.2 Å². The number of carbonyl (C=O) groups excluding carboxylic acids is 2. The predicted molar refractivity (Wildman–Crippen MR) is 181 cm³/mol. The average Bonchev–Trinajstić information content (AvgIpc) is 3.55. The highest BCUT2D eigenvalue weighted by Crippen LogP contribution is 2.26. The molecule has 1 saturated carbocycles. The van der Waals surface area contributed by atoms with Gasteiger partial charge in [-0.05, 0) is 72.5 Å². The summed E-state index contributed by atoms with van der Waals surface area (Å²) in [6.07, 6.45) is 4.15. The zero-order chi connectivity index (χ0) is 31.8. The molecule has 10 heteroatoms. The van der Waals surface area contributed by atoms with Crippen molar-refractivity contribution in [3.63, 3.8) is 0 Å². The Balaban J connectivity index is 1.55. The summed E-state index contributed by atoms with van der Waals surface area (Å²) in [6, 6.07) is 30.6. The maximum atomic E-state index is 14.5. The molecule has 234 valence electrons. The summed E-state index contributed by atoms with van der Waals surface area (Å²) >= 11 is 9.57. The van der Waals surface area contributed by atoms with Gasteiger partial charge in [0.05, 0.1) is 10.6 Å². The van der Waals surface area contributed by atoms with Crippen LogP contribution < -0.4 is 9.62 Å². The Kier molecular flexibility index (Phi) is 11.0. The topological polar surface area (TPSA) is 86.8 Å². The van der Waals surface area contributed by atoms with Gasteiger partial charge in [0.25, 0.3) is 10.0 Å². The summed E-state index contributed by atoms with van der Waals surface area (Å²) < 4.78 is 30.0. The van der Waals surface area contributed by atoms with Crippen molar-refractivity contribution in [2.75, 3.05) is 10.8 Å². The van der Waals surface area contributed by atoms with Crippen LogP contribution >= 0.6 is 27.5 Å². The van der Waals surface area contributed by atoms with Gasteiger partial charge in [-0.15, -0.1) is 0 Å². The number of sulfonamides is 1. The summed E-state index contributed by atoms with van der Waals surface area (Å²) in [5.41, 5.74) is 2.03. The zero-order valence-corrected chi connectivity index (χ0v) is 27.8. The highest BCUT2D eigenvalue weighted by molar-refractivity contribution is 9.10. The Morgan fingerprint density at radius 2 is 1.47 bits per heavy atom. The fourth-order valence-corrected chi connectivity index (χ4v) is 7.60. The van der Waals surface area contributed by atoms with Gasteiger partial charge in [0.2, 0.25) is 11.8 Å². The van der Waals surface area contributed by atoms with Crippen LogP contribution in [0, 0.1) is 0 Å². The lowest BCUT2D eigenvalue weighted by molar-refractivity contribution is -0.140. The van der Waals surface area contributed by atoms with E-state index in [1.54, 1.807) is 30.3 Å². The molecule has 5 rings (SSSR count). The number of carbonyl (C=O) groups is 2. The summed E-state index contributed by atoms with van der Waals surface area (Å²) in [5, 5.41) is 3.59. The third-order valence-electron chi connectivity index (χ3n) is 7.94. The van der Waals surface area contributed by atoms with Gasteiger partial charge in [-0.1, -0.05) is 101 Å². The van der Waals surface area contributed by atoms with Gasteiger partial charge < -0.3 is 10.2 Å². The third-order valence-corrected chi connectivity index (χ3v) is 10.5. The van der Waals surface area contributed by atoms with Crippen LogP contribution in [0.25, 0.3) is 0 Å². The molecule has 1 fully saturated rings. The Labute approximate surface area is 278 Å². The number of halogens is 2. The number of anilines is 1. The molecule has 0 saturated heterocycles. The lowest BCUT2D eigenvalue weighted by Gasteiger charge is -2.34. The maximum absolute atomic E-state index is 14.5. The van der Waals surface area contributed by atoms with Gasteiger partial charge >= 0.3 is 0 Å². The molecule has 0 radical (unpaired) electrons. The first kappa shape index (κ1) is 32.7. The van der Waals surface area contributed by atoms with Gasteiger partial charge in [-0.2, -0.15) is 0 Å². The molecule has 1 aliphatic carbocycles. The van der Waals surface area contributed by atoms with Gasteiger partial charge in [0, 0.05) is 28.5 Å². The van der Waals surface area contributed by atoms with E-state index in [0.29, 0.717) is 10.7 Å². The standard InChI is InChI=1S/C35H35BrClN3O4S/c36-28-13-9-12-27(22-28)24-39(33(23-26-10-3-1-4-11-26)35(42)38-30-14-7-8-15-30)34(41)25-40(31-16-5-2-6-17-31)45(43,44)32-20-18-29(37)19-21-32/h1-6,9-13,16-22,30,33H,7-8,14-15,23-25H2,(H,38,42)/t33-/m0/s1. The first-order valence-electron chi connectivity index (χ1n) is 14.9. The van der Waals surface area contributed by atoms with Crippen LogP contribution in [0.5, 0.6) is 0 Å². The van der Waals surface area contributed by atoms with Gasteiger partial charge in [-0.3, -0.25) is 13.9 Å². The van der Waals surface area contributed by atoms with Crippen molar-refractivity contribution in [3.05, 3.63) is 130 Å². The minimum atomic E-state index is -4.18. The lowest BCUT2D eigenvalue weighted by atomic mass is 10.0. The quantitative estimate of drug-likeness (QED) is 0.172. The van der Waals surface area contributed by atoms with E-state index in [2.05, 4.69) is 21.2 Å². The van der Waals surface area contributed by atoms with Crippen molar-refractivity contribution < 1.29 is 18.0 Å². The van der Waals surface area contributed by atoms with E-state index in [9.17, 15) is 18.0 Å². The van der Waals surface area contributed by atoms with Crippen LogP contribution in [-0.4, -0.2) is 43.8 Å². The van der Waals surface area contributed by atoms with Crippen LogP contribution in [0.4, 0.5) is 5.69 Å². The minimum absolute atomic E-state index is 0.00176. The Hall–Kier alpha value is -3.66. The van der Waals surface area contributed by atoms with Crippen LogP contribution in [0.1, 0.15) is 36.8 Å². The second kappa shape index (κ2) is 15.1. The molecule has 4 aromatic rings. The van der Waals surface area contributed by atoms with Crippen LogP contribution in [0.15, 0.2) is 119 Å². The molecule has 1 N–H and O–H groups in total. The molecular formula is C35H35BrClN3O4S. The van der Waals surface area contributed by atoms with Gasteiger partial charge in [0.15, 0.2) is 0 Å². The summed E-state index contributed by atoms with van der Waals surface area (Å²) in [5.74, 6) is -0.750. The molecule has 1 atom stereocenters. The van der Waals surface area contributed by atoms with Crippen molar-refractivity contribution >= 4 is 55.1 Å². The number of para-hydroxylation sites is 1. The summed E-state index contributed by atoms with van der Waals surface area (Å²) in [4.78, 5) is 30.1. The fraction of sp³-hybridized carbons (Fsp3) is 0.257. The maximum Gasteiger partial charge on any atom is 0.264 e. The predicted octanol–water partition coefficient (Wildman–Crippen LogP) is 7.00. The number of amides is 2. The van der Waals surface area contributed by atoms with E-state index in [1.807, 2.05) is 54.6 Å². The highest BCUT2D eigenvalue weighted by Gasteiger charge is 2.35. The molecule has 0 aromatic heterocycles. The molecule has 0 unspecified atom stereocenters. The number of nitrogens with zero attached hydrogens (tertiary/aromatic N) is 2. The number of hydrogen-bond acceptors (Lipinski definition) is 4. The second-order valence-corrected chi connectivity index (χ2v) is 14.4. The van der Waals surface area contributed by atoms with E-state index >= 15 is 0 Å². The van der Waals surface area contributed by atoms with E-state index in [0.717, 1.165) is 45.6 Å². The summed E-state index contributed by atoms with van der Waals surface area (Å²) in [7, 11) is -4.18. The Bertz CT molecular complexity index is 1700. The molecule has 0 heterocycles. The van der Waals surface area contributed by atoms with Crippen molar-refractivity contribution in [2.45, 2.75) is 55.6 Å². The fourth-order valence-electron chi connectivity index (χ4n) is 5.61. The number of hydrogen-bond donors (Lipinski definition) is 1. The molecule has 0 bridgehead atoms. The normalized spacial score (nSPS) is 14.1. The smallest absolute Gasteiger partial charge is 0.264 e. The Morgan fingerprint density at radius 3 is 2.11 bits per heavy atom. The molecule has 7 nitrogen and oxygen atoms in total.